The summed E-state index contributed by atoms with van der Waals surface area (Å²) in [6, 6.07) is 14.6. The molecule has 3 rings (SSSR count). The van der Waals surface area contributed by atoms with Crippen molar-refractivity contribution in [1.82, 2.24) is 20.9 Å². The quantitative estimate of drug-likeness (QED) is 0.495. The number of carbonyl (C=O) groups excluding carboxylic acids is 1. The molecule has 2 aromatic carbocycles. The zero-order valence-corrected chi connectivity index (χ0v) is 19.5. The molecule has 8 nitrogen and oxygen atoms in total. The van der Waals surface area contributed by atoms with Crippen LogP contribution in [0.4, 0.5) is 13.2 Å². The second-order valence-corrected chi connectivity index (χ2v) is 7.88. The second kappa shape index (κ2) is 12.5. The van der Waals surface area contributed by atoms with Crippen molar-refractivity contribution in [3.05, 3.63) is 77.5 Å². The lowest BCUT2D eigenvalue weighted by atomic mass is 10.1. The minimum Gasteiger partial charge on any atom is -0.406 e. The highest BCUT2D eigenvalue weighted by Crippen LogP contribution is 2.24. The average molecular weight is 495 g/mol. The fourth-order valence-corrected chi connectivity index (χ4v) is 3.51. The molecule has 1 heterocycles. The van der Waals surface area contributed by atoms with Gasteiger partial charge in [-0.1, -0.05) is 42.5 Å². The van der Waals surface area contributed by atoms with Crippen molar-refractivity contribution in [3.8, 4) is 5.75 Å². The van der Waals surface area contributed by atoms with E-state index in [0.29, 0.717) is 24.5 Å². The highest BCUT2D eigenvalue weighted by Gasteiger charge is 2.31. The highest BCUT2D eigenvalue weighted by molar-refractivity contribution is 5.93. The van der Waals surface area contributed by atoms with Gasteiger partial charge in [-0.2, -0.15) is 0 Å². The van der Waals surface area contributed by atoms with E-state index in [2.05, 4.69) is 20.7 Å². The van der Waals surface area contributed by atoms with Gasteiger partial charge in [0.1, 0.15) is 17.7 Å². The van der Waals surface area contributed by atoms with Crippen LogP contribution in [0.2, 0.25) is 0 Å². The smallest absolute Gasteiger partial charge is 0.406 e. The zero-order valence-electron chi connectivity index (χ0n) is 19.5. The molecule has 0 bridgehead atoms. The standard InChI is InChI=1S/C24H29F3N4O4/c1-31(14-17-6-4-3-5-7-17)23-28-16-34-13-12-20(30-23)22(32)29-21(15-33-2)18-8-10-19(11-9-18)35-24(25,26)27/h3-12,21,23,28,30H,13-16H2,1-2H3,(H,29,32)/b20-12-. The molecular weight excluding hydrogens is 465 g/mol. The highest BCUT2D eigenvalue weighted by atomic mass is 19.4. The number of alkyl halides is 3. The molecular formula is C24H29F3N4O4. The molecule has 0 radical (unpaired) electrons. The summed E-state index contributed by atoms with van der Waals surface area (Å²) in [5.74, 6) is -0.756. The molecule has 0 spiro atoms. The first-order chi connectivity index (χ1) is 16.7. The zero-order chi connectivity index (χ0) is 25.3. The molecule has 3 N–H and O–H groups in total. The van der Waals surface area contributed by atoms with Gasteiger partial charge < -0.3 is 24.8 Å². The van der Waals surface area contributed by atoms with Gasteiger partial charge in [0, 0.05) is 13.7 Å². The first-order valence-corrected chi connectivity index (χ1v) is 10.9. The van der Waals surface area contributed by atoms with E-state index < -0.39 is 24.6 Å². The average Bonchev–Trinajstić information content (AvgIpc) is 2.79. The van der Waals surface area contributed by atoms with Gasteiger partial charge in [-0.15, -0.1) is 13.2 Å². The summed E-state index contributed by atoms with van der Waals surface area (Å²) in [6.45, 7) is 1.25. The second-order valence-electron chi connectivity index (χ2n) is 7.88. The molecule has 11 heteroatoms. The number of hydrogen-bond donors (Lipinski definition) is 3. The van der Waals surface area contributed by atoms with Crippen molar-refractivity contribution < 1.29 is 32.2 Å². The fraction of sp³-hybridized carbons (Fsp3) is 0.375. The van der Waals surface area contributed by atoms with Gasteiger partial charge in [0.15, 0.2) is 0 Å². The molecule has 0 saturated heterocycles. The number of hydrogen-bond acceptors (Lipinski definition) is 7. The van der Waals surface area contributed by atoms with E-state index in [1.54, 1.807) is 6.08 Å². The first-order valence-electron chi connectivity index (χ1n) is 10.9. The molecule has 2 unspecified atom stereocenters. The molecule has 0 aliphatic carbocycles. The van der Waals surface area contributed by atoms with Crippen molar-refractivity contribution in [2.45, 2.75) is 25.2 Å². The minimum atomic E-state index is -4.78. The number of benzene rings is 2. The van der Waals surface area contributed by atoms with Crippen LogP contribution in [-0.4, -0.2) is 57.6 Å². The Bertz CT molecular complexity index is 971. The maximum absolute atomic E-state index is 13.1. The maximum atomic E-state index is 13.1. The summed E-state index contributed by atoms with van der Waals surface area (Å²) >= 11 is 0. The van der Waals surface area contributed by atoms with Gasteiger partial charge in [0.25, 0.3) is 5.91 Å². The lowest BCUT2D eigenvalue weighted by Crippen LogP contribution is -2.55. The number of nitrogens with one attached hydrogen (secondary N) is 3. The minimum absolute atomic E-state index is 0.116. The lowest BCUT2D eigenvalue weighted by Gasteiger charge is -2.32. The Morgan fingerprint density at radius 3 is 2.57 bits per heavy atom. The van der Waals surface area contributed by atoms with Crippen molar-refractivity contribution in [3.63, 3.8) is 0 Å². The topological polar surface area (TPSA) is 84.1 Å². The summed E-state index contributed by atoms with van der Waals surface area (Å²) < 4.78 is 52.0. The van der Waals surface area contributed by atoms with Crippen LogP contribution >= 0.6 is 0 Å². The number of amides is 1. The Morgan fingerprint density at radius 2 is 1.91 bits per heavy atom. The van der Waals surface area contributed by atoms with Crippen molar-refractivity contribution in [1.29, 1.82) is 0 Å². The molecule has 0 aromatic heterocycles. The molecule has 0 saturated carbocycles. The van der Waals surface area contributed by atoms with Crippen molar-refractivity contribution in [2.75, 3.05) is 34.1 Å². The van der Waals surface area contributed by atoms with E-state index in [-0.39, 0.29) is 19.0 Å². The number of methoxy groups -OCH3 is 1. The monoisotopic (exact) mass is 494 g/mol. The van der Waals surface area contributed by atoms with Crippen LogP contribution in [0.5, 0.6) is 5.75 Å². The third-order valence-corrected chi connectivity index (χ3v) is 5.19. The van der Waals surface area contributed by atoms with Gasteiger partial charge >= 0.3 is 6.36 Å². The Morgan fingerprint density at radius 1 is 1.20 bits per heavy atom. The normalized spacial score (nSPS) is 19.0. The third kappa shape index (κ3) is 8.55. The van der Waals surface area contributed by atoms with Crippen LogP contribution < -0.4 is 20.7 Å². The summed E-state index contributed by atoms with van der Waals surface area (Å²) in [5.41, 5.74) is 1.96. The summed E-state index contributed by atoms with van der Waals surface area (Å²) in [5, 5.41) is 9.28. The van der Waals surface area contributed by atoms with E-state index in [0.717, 1.165) is 5.56 Å². The largest absolute Gasteiger partial charge is 0.573 e. The third-order valence-electron chi connectivity index (χ3n) is 5.19. The molecule has 0 fully saturated rings. The van der Waals surface area contributed by atoms with Crippen molar-refractivity contribution >= 4 is 5.91 Å². The van der Waals surface area contributed by atoms with E-state index in [1.165, 1.54) is 31.4 Å². The molecule has 2 aromatic rings. The number of nitrogens with zero attached hydrogens (tertiary/aromatic N) is 1. The molecule has 1 aliphatic heterocycles. The molecule has 35 heavy (non-hydrogen) atoms. The number of halogens is 3. The Kier molecular flexibility index (Phi) is 9.49. The summed E-state index contributed by atoms with van der Waals surface area (Å²) in [7, 11) is 3.38. The van der Waals surface area contributed by atoms with Crippen LogP contribution in [0.1, 0.15) is 17.2 Å². The molecule has 1 aliphatic rings. The lowest BCUT2D eigenvalue weighted by molar-refractivity contribution is -0.274. The Hall–Kier alpha value is -3.12. The van der Waals surface area contributed by atoms with E-state index >= 15 is 0 Å². The van der Waals surface area contributed by atoms with Gasteiger partial charge in [0.05, 0.1) is 26.0 Å². The summed E-state index contributed by atoms with van der Waals surface area (Å²) in [6.07, 6.45) is -3.53. The fourth-order valence-electron chi connectivity index (χ4n) is 3.51. The SMILES string of the molecule is COCC(NC(=O)/C1=C/COCNC(N(C)Cc2ccccc2)N1)c1ccc(OC(F)(F)F)cc1. The molecule has 2 atom stereocenters. The van der Waals surface area contributed by atoms with Gasteiger partial charge in [-0.05, 0) is 36.4 Å². The molecule has 190 valence electrons. The predicted octanol–water partition coefficient (Wildman–Crippen LogP) is 2.86. The first kappa shape index (κ1) is 26.5. The molecule has 1 amide bonds. The maximum Gasteiger partial charge on any atom is 0.573 e. The number of ether oxygens (including phenoxy) is 3. The Labute approximate surface area is 202 Å². The summed E-state index contributed by atoms with van der Waals surface area (Å²) in [4.78, 5) is 15.1. The van der Waals surface area contributed by atoms with Crippen LogP contribution in [0.25, 0.3) is 0 Å². The van der Waals surface area contributed by atoms with Gasteiger partial charge in [-0.3, -0.25) is 15.0 Å². The van der Waals surface area contributed by atoms with Gasteiger partial charge in [0.2, 0.25) is 0 Å². The number of rotatable bonds is 9. The van der Waals surface area contributed by atoms with Crippen LogP contribution in [-0.2, 0) is 20.8 Å². The van der Waals surface area contributed by atoms with Crippen molar-refractivity contribution in [2.24, 2.45) is 0 Å². The van der Waals surface area contributed by atoms with E-state index in [1.807, 2.05) is 42.3 Å². The predicted molar refractivity (Wildman–Crippen MR) is 123 cm³/mol. The van der Waals surface area contributed by atoms with E-state index in [9.17, 15) is 18.0 Å². The van der Waals surface area contributed by atoms with Gasteiger partial charge in [-0.25, -0.2) is 0 Å². The van der Waals surface area contributed by atoms with Crippen LogP contribution in [0.15, 0.2) is 66.4 Å². The van der Waals surface area contributed by atoms with Crippen LogP contribution in [0.3, 0.4) is 0 Å². The Balaban J connectivity index is 1.68. The van der Waals surface area contributed by atoms with E-state index in [4.69, 9.17) is 9.47 Å². The van der Waals surface area contributed by atoms with Crippen LogP contribution in [0, 0.1) is 0 Å². The number of carbonyl (C=O) groups is 1.